The summed E-state index contributed by atoms with van der Waals surface area (Å²) in [7, 11) is 0. The molecule has 0 fully saturated rings. The van der Waals surface area contributed by atoms with E-state index in [4.69, 9.17) is 5.73 Å². The third-order valence-electron chi connectivity index (χ3n) is 2.49. The van der Waals surface area contributed by atoms with E-state index in [2.05, 4.69) is 11.4 Å². The maximum Gasteiger partial charge on any atom is 0.0966 e. The number of nitrogens with two attached hydrogens (primary N) is 1. The predicted octanol–water partition coefficient (Wildman–Crippen LogP) is 1.26. The van der Waals surface area contributed by atoms with Gasteiger partial charge >= 0.3 is 0 Å². The van der Waals surface area contributed by atoms with Crippen molar-refractivity contribution in [2.75, 3.05) is 0 Å². The Hall–Kier alpha value is -0.760. The Morgan fingerprint density at radius 3 is 3.00 bits per heavy atom. The fraction of sp³-hybridized carbons (Fsp3) is 0.556. The molecule has 1 atom stereocenters. The van der Waals surface area contributed by atoms with E-state index in [-0.39, 0.29) is 6.17 Å². The molecular weight excluding hydrogens is 136 g/mol. The Kier molecular flexibility index (Phi) is 1.70. The van der Waals surface area contributed by atoms with Gasteiger partial charge in [0.2, 0.25) is 0 Å². The lowest BCUT2D eigenvalue weighted by atomic mass is 9.89. The summed E-state index contributed by atoms with van der Waals surface area (Å²) in [4.78, 5) is 0. The van der Waals surface area contributed by atoms with Crippen molar-refractivity contribution in [3.63, 3.8) is 0 Å². The zero-order valence-corrected chi connectivity index (χ0v) is 6.64. The smallest absolute Gasteiger partial charge is 0.0966 e. The number of hydrogen-bond donors (Lipinski definition) is 2. The Balaban J connectivity index is 2.27. The van der Waals surface area contributed by atoms with Gasteiger partial charge in [-0.25, -0.2) is 0 Å². The summed E-state index contributed by atoms with van der Waals surface area (Å²) in [5.74, 6) is 0. The Morgan fingerprint density at radius 2 is 2.18 bits per heavy atom. The quantitative estimate of drug-likeness (QED) is 0.545. The molecule has 2 aliphatic rings. The van der Waals surface area contributed by atoms with Gasteiger partial charge in [-0.1, -0.05) is 0 Å². The van der Waals surface area contributed by atoms with Gasteiger partial charge in [-0.15, -0.1) is 0 Å². The van der Waals surface area contributed by atoms with Crippen LogP contribution in [0.5, 0.6) is 0 Å². The average Bonchev–Trinajstić information content (AvgIpc) is 2.06. The van der Waals surface area contributed by atoms with Crippen LogP contribution in [0.4, 0.5) is 0 Å². The Labute approximate surface area is 67.2 Å². The second-order valence-electron chi connectivity index (χ2n) is 3.24. The summed E-state index contributed by atoms with van der Waals surface area (Å²) >= 11 is 0. The third kappa shape index (κ3) is 1.18. The molecule has 2 nitrogen and oxygen atoms in total. The first-order chi connectivity index (χ1) is 5.38. The van der Waals surface area contributed by atoms with Crippen LogP contribution >= 0.6 is 0 Å². The second kappa shape index (κ2) is 2.70. The van der Waals surface area contributed by atoms with E-state index >= 15 is 0 Å². The summed E-state index contributed by atoms with van der Waals surface area (Å²) in [6.07, 6.45) is 9.27. The monoisotopic (exact) mass is 150 g/mol. The highest BCUT2D eigenvalue weighted by molar-refractivity contribution is 5.33. The topological polar surface area (TPSA) is 38.0 Å². The zero-order chi connectivity index (χ0) is 7.68. The van der Waals surface area contributed by atoms with Gasteiger partial charge in [-0.2, -0.15) is 0 Å². The van der Waals surface area contributed by atoms with Crippen molar-refractivity contribution in [3.8, 4) is 0 Å². The lowest BCUT2D eigenvalue weighted by Gasteiger charge is -2.26. The summed E-state index contributed by atoms with van der Waals surface area (Å²) in [6, 6.07) is 0. The van der Waals surface area contributed by atoms with E-state index in [9.17, 15) is 0 Å². The molecule has 60 valence electrons. The van der Waals surface area contributed by atoms with E-state index in [0.717, 1.165) is 0 Å². The van der Waals surface area contributed by atoms with Gasteiger partial charge in [-0.3, -0.25) is 0 Å². The van der Waals surface area contributed by atoms with Crippen LogP contribution in [-0.4, -0.2) is 6.17 Å². The molecule has 0 aromatic heterocycles. The summed E-state index contributed by atoms with van der Waals surface area (Å²) in [5, 5.41) is 3.12. The van der Waals surface area contributed by atoms with Gasteiger partial charge in [0.1, 0.15) is 0 Å². The van der Waals surface area contributed by atoms with Crippen molar-refractivity contribution in [1.82, 2.24) is 5.32 Å². The number of nitrogens with one attached hydrogen (secondary N) is 1. The van der Waals surface area contributed by atoms with Crippen LogP contribution in [0, 0.1) is 0 Å². The second-order valence-corrected chi connectivity index (χ2v) is 3.24. The molecule has 0 amide bonds. The highest BCUT2D eigenvalue weighted by Crippen LogP contribution is 2.28. The number of hydrogen-bond acceptors (Lipinski definition) is 2. The molecule has 3 N–H and O–H groups in total. The van der Waals surface area contributed by atoms with Gasteiger partial charge in [0.05, 0.1) is 6.17 Å². The highest BCUT2D eigenvalue weighted by Gasteiger charge is 2.18. The largest absolute Gasteiger partial charge is 0.372 e. The van der Waals surface area contributed by atoms with Gasteiger partial charge < -0.3 is 11.1 Å². The molecule has 0 radical (unpaired) electrons. The van der Waals surface area contributed by atoms with E-state index in [1.54, 1.807) is 0 Å². The van der Waals surface area contributed by atoms with Crippen molar-refractivity contribution in [1.29, 1.82) is 0 Å². The first-order valence-corrected chi connectivity index (χ1v) is 4.28. The highest BCUT2D eigenvalue weighted by atomic mass is 15.0. The van der Waals surface area contributed by atoms with Gasteiger partial charge in [-0.05, 0) is 49.1 Å². The molecule has 2 rings (SSSR count). The van der Waals surface area contributed by atoms with Crippen molar-refractivity contribution in [2.24, 2.45) is 5.73 Å². The molecule has 1 unspecified atom stereocenters. The zero-order valence-electron chi connectivity index (χ0n) is 6.64. The van der Waals surface area contributed by atoms with Gasteiger partial charge in [0.25, 0.3) is 0 Å². The Bertz CT molecular complexity index is 216. The van der Waals surface area contributed by atoms with Crippen molar-refractivity contribution in [2.45, 2.75) is 31.8 Å². The van der Waals surface area contributed by atoms with Gasteiger partial charge in [0.15, 0.2) is 0 Å². The van der Waals surface area contributed by atoms with E-state index < -0.39 is 0 Å². The summed E-state index contributed by atoms with van der Waals surface area (Å²) < 4.78 is 0. The minimum Gasteiger partial charge on any atom is -0.372 e. The number of dihydropyridines is 1. The average molecular weight is 150 g/mol. The van der Waals surface area contributed by atoms with E-state index in [1.165, 1.54) is 36.8 Å². The predicted molar refractivity (Wildman–Crippen MR) is 45.7 cm³/mol. The molecular formula is C9H14N2. The molecule has 0 aromatic carbocycles. The molecule has 0 spiro atoms. The van der Waals surface area contributed by atoms with Gasteiger partial charge in [0, 0.05) is 0 Å². The lowest BCUT2D eigenvalue weighted by molar-refractivity contribution is 0.578. The van der Waals surface area contributed by atoms with Crippen LogP contribution in [-0.2, 0) is 0 Å². The minimum absolute atomic E-state index is 0.0929. The standard InChI is InChI=1S/C9H14N2/c10-9-8-4-2-1-3-7(8)5-6-11-9/h5-6,9,11H,1-4,10H2. The van der Waals surface area contributed by atoms with Crippen molar-refractivity contribution >= 4 is 0 Å². The van der Waals surface area contributed by atoms with Crippen LogP contribution in [0.25, 0.3) is 0 Å². The number of allylic oxidation sites excluding steroid dienone is 2. The maximum atomic E-state index is 5.87. The fourth-order valence-corrected chi connectivity index (χ4v) is 1.85. The first-order valence-electron chi connectivity index (χ1n) is 4.28. The Morgan fingerprint density at radius 1 is 1.36 bits per heavy atom. The molecule has 11 heavy (non-hydrogen) atoms. The summed E-state index contributed by atoms with van der Waals surface area (Å²) in [5.41, 5.74) is 8.77. The molecule has 2 heteroatoms. The molecule has 0 saturated carbocycles. The summed E-state index contributed by atoms with van der Waals surface area (Å²) in [6.45, 7) is 0. The van der Waals surface area contributed by atoms with Crippen LogP contribution in [0.1, 0.15) is 25.7 Å². The molecule has 1 aliphatic heterocycles. The molecule has 1 heterocycles. The van der Waals surface area contributed by atoms with Crippen LogP contribution in [0.3, 0.4) is 0 Å². The third-order valence-corrected chi connectivity index (χ3v) is 2.49. The van der Waals surface area contributed by atoms with Crippen LogP contribution in [0.15, 0.2) is 23.4 Å². The molecule has 0 bridgehead atoms. The van der Waals surface area contributed by atoms with Crippen molar-refractivity contribution < 1.29 is 0 Å². The molecule has 0 saturated heterocycles. The van der Waals surface area contributed by atoms with E-state index in [1.807, 2.05) is 6.20 Å². The molecule has 0 aromatic rings. The molecule has 1 aliphatic carbocycles. The van der Waals surface area contributed by atoms with E-state index in [0.29, 0.717) is 0 Å². The maximum absolute atomic E-state index is 5.87. The number of rotatable bonds is 0. The fourth-order valence-electron chi connectivity index (χ4n) is 1.85. The van der Waals surface area contributed by atoms with Crippen LogP contribution in [0.2, 0.25) is 0 Å². The van der Waals surface area contributed by atoms with Crippen molar-refractivity contribution in [3.05, 3.63) is 23.4 Å². The lowest BCUT2D eigenvalue weighted by Crippen LogP contribution is -2.38. The first kappa shape index (κ1) is 6.92. The normalized spacial score (nSPS) is 29.7. The SMILES string of the molecule is NC1NC=CC2=C1CCCC2. The minimum atomic E-state index is 0.0929. The van der Waals surface area contributed by atoms with Crippen LogP contribution < -0.4 is 11.1 Å².